The summed E-state index contributed by atoms with van der Waals surface area (Å²) in [5.74, 6) is 1.61. The number of hydrogen-bond donors (Lipinski definition) is 2. The molecule has 2 N–H and O–H groups in total. The highest BCUT2D eigenvalue weighted by Crippen LogP contribution is 2.32. The zero-order valence-electron chi connectivity index (χ0n) is 17.1. The van der Waals surface area contributed by atoms with Gasteiger partial charge < -0.3 is 15.3 Å². The quantitative estimate of drug-likeness (QED) is 0.722. The molecule has 1 saturated heterocycles. The molecule has 1 aliphatic rings. The summed E-state index contributed by atoms with van der Waals surface area (Å²) in [5.41, 5.74) is 4.04. The number of anilines is 2. The summed E-state index contributed by atoms with van der Waals surface area (Å²) in [6.07, 6.45) is 1.86. The zero-order valence-corrected chi connectivity index (χ0v) is 17.1. The predicted octanol–water partition coefficient (Wildman–Crippen LogP) is 3.69. The first-order chi connectivity index (χ1) is 13.2. The number of pyridine rings is 1. The van der Waals surface area contributed by atoms with Crippen LogP contribution < -0.4 is 10.2 Å². The Morgan fingerprint density at radius 2 is 1.89 bits per heavy atom. The molecule has 1 aliphatic heterocycles. The molecule has 146 valence electrons. The minimum Gasteiger partial charge on any atom is -0.386 e. The van der Waals surface area contributed by atoms with Crippen LogP contribution in [0.25, 0.3) is 10.8 Å². The van der Waals surface area contributed by atoms with E-state index >= 15 is 0 Å². The Bertz CT molecular complexity index is 1040. The maximum Gasteiger partial charge on any atom is 0.157 e. The Labute approximate surface area is 165 Å². The van der Waals surface area contributed by atoms with E-state index in [0.717, 1.165) is 28.1 Å². The number of fused-ring (bicyclic) bond motifs is 1. The molecule has 3 aromatic rings. The molecule has 6 nitrogen and oxygen atoms in total. The number of aromatic nitrogens is 3. The van der Waals surface area contributed by atoms with E-state index in [2.05, 4.69) is 64.4 Å². The van der Waals surface area contributed by atoms with E-state index in [9.17, 15) is 5.11 Å². The fourth-order valence-electron chi connectivity index (χ4n) is 3.90. The van der Waals surface area contributed by atoms with Gasteiger partial charge in [0.2, 0.25) is 0 Å². The third-order valence-corrected chi connectivity index (χ3v) is 5.69. The van der Waals surface area contributed by atoms with Gasteiger partial charge >= 0.3 is 0 Å². The van der Waals surface area contributed by atoms with Crippen LogP contribution >= 0.6 is 0 Å². The topological polar surface area (TPSA) is 74.2 Å². The van der Waals surface area contributed by atoms with E-state index in [1.54, 1.807) is 0 Å². The van der Waals surface area contributed by atoms with Crippen LogP contribution in [0, 0.1) is 20.8 Å². The lowest BCUT2D eigenvalue weighted by Gasteiger charge is -2.45. The summed E-state index contributed by atoms with van der Waals surface area (Å²) in [5, 5.41) is 24.3. The van der Waals surface area contributed by atoms with Gasteiger partial charge in [-0.05, 0) is 57.4 Å². The van der Waals surface area contributed by atoms with Crippen LogP contribution in [0.4, 0.5) is 11.6 Å². The van der Waals surface area contributed by atoms with Crippen LogP contribution in [0.5, 0.6) is 0 Å². The summed E-state index contributed by atoms with van der Waals surface area (Å²) >= 11 is 0. The van der Waals surface area contributed by atoms with Crippen molar-refractivity contribution in [1.82, 2.24) is 15.2 Å². The number of nitrogens with zero attached hydrogens (tertiary/aromatic N) is 4. The van der Waals surface area contributed by atoms with Crippen molar-refractivity contribution >= 4 is 22.4 Å². The van der Waals surface area contributed by atoms with Crippen LogP contribution in [0.1, 0.15) is 42.3 Å². The summed E-state index contributed by atoms with van der Waals surface area (Å²) in [6, 6.07) is 8.52. The Morgan fingerprint density at radius 3 is 2.61 bits per heavy atom. The zero-order chi connectivity index (χ0) is 20.1. The maximum absolute atomic E-state index is 10.0. The van der Waals surface area contributed by atoms with Gasteiger partial charge in [0.25, 0.3) is 0 Å². The molecular weight excluding hydrogens is 350 g/mol. The molecule has 0 spiro atoms. The van der Waals surface area contributed by atoms with Gasteiger partial charge in [-0.1, -0.05) is 18.2 Å². The Morgan fingerprint density at radius 1 is 1.14 bits per heavy atom. The van der Waals surface area contributed by atoms with Crippen LogP contribution in [0.3, 0.4) is 0 Å². The normalized spacial score (nSPS) is 16.7. The predicted molar refractivity (Wildman–Crippen MR) is 113 cm³/mol. The summed E-state index contributed by atoms with van der Waals surface area (Å²) in [4.78, 5) is 6.66. The van der Waals surface area contributed by atoms with Crippen molar-refractivity contribution < 1.29 is 5.11 Å². The van der Waals surface area contributed by atoms with Gasteiger partial charge in [0.05, 0.1) is 17.3 Å². The molecule has 3 heterocycles. The molecule has 0 radical (unpaired) electrons. The lowest BCUT2D eigenvalue weighted by molar-refractivity contribution is 0.0305. The largest absolute Gasteiger partial charge is 0.386 e. The number of hydrogen-bond acceptors (Lipinski definition) is 6. The van der Waals surface area contributed by atoms with Crippen molar-refractivity contribution in [3.63, 3.8) is 0 Å². The van der Waals surface area contributed by atoms with E-state index in [4.69, 9.17) is 0 Å². The Kier molecular flexibility index (Phi) is 4.46. The average molecular weight is 377 g/mol. The summed E-state index contributed by atoms with van der Waals surface area (Å²) in [6.45, 7) is 11.4. The smallest absolute Gasteiger partial charge is 0.157 e. The lowest BCUT2D eigenvalue weighted by Crippen LogP contribution is -2.60. The highest BCUT2D eigenvalue weighted by molar-refractivity contribution is 5.94. The molecule has 1 aromatic carbocycles. The molecule has 0 unspecified atom stereocenters. The van der Waals surface area contributed by atoms with Crippen molar-refractivity contribution in [3.05, 3.63) is 52.8 Å². The molecular formula is C22H27N5O. The highest BCUT2D eigenvalue weighted by atomic mass is 16.3. The van der Waals surface area contributed by atoms with Crippen molar-refractivity contribution in [2.24, 2.45) is 0 Å². The fourth-order valence-corrected chi connectivity index (χ4v) is 3.90. The monoisotopic (exact) mass is 377 g/mol. The second-order valence-electron chi connectivity index (χ2n) is 8.23. The van der Waals surface area contributed by atoms with Crippen LogP contribution in [0.2, 0.25) is 0 Å². The highest BCUT2D eigenvalue weighted by Gasteiger charge is 2.37. The van der Waals surface area contributed by atoms with E-state index in [0.29, 0.717) is 13.1 Å². The number of benzene rings is 1. The van der Waals surface area contributed by atoms with Crippen molar-refractivity contribution in [2.75, 3.05) is 23.3 Å². The first-order valence-corrected chi connectivity index (χ1v) is 9.68. The van der Waals surface area contributed by atoms with E-state index < -0.39 is 5.60 Å². The lowest BCUT2D eigenvalue weighted by atomic mass is 9.97. The number of aryl methyl sites for hydroxylation is 2. The van der Waals surface area contributed by atoms with Gasteiger partial charge in [0, 0.05) is 30.1 Å². The van der Waals surface area contributed by atoms with Crippen molar-refractivity contribution in [3.8, 4) is 0 Å². The van der Waals surface area contributed by atoms with Gasteiger partial charge in [-0.2, -0.15) is 5.10 Å². The summed E-state index contributed by atoms with van der Waals surface area (Å²) < 4.78 is 0. The molecule has 2 aromatic heterocycles. The minimum atomic E-state index is -0.638. The average Bonchev–Trinajstić information content (AvgIpc) is 2.64. The number of β-amino-alcohol motifs (C(OH)–C–C–N with tert-alkyl or cyclic N) is 1. The second-order valence-corrected chi connectivity index (χ2v) is 8.23. The van der Waals surface area contributed by atoms with E-state index in [1.165, 1.54) is 16.7 Å². The molecule has 1 fully saturated rings. The van der Waals surface area contributed by atoms with Crippen LogP contribution in [0.15, 0.2) is 30.5 Å². The van der Waals surface area contributed by atoms with Gasteiger partial charge in [0.1, 0.15) is 5.82 Å². The molecule has 6 heteroatoms. The first kappa shape index (κ1) is 18.6. The SMILES string of the molecule is Cc1cccc([C@@H](C)Nc2nnc(C)c3cnc(N4CC(C)(O)C4)cc23)c1C. The fraction of sp³-hybridized carbons (Fsp3) is 0.409. The number of aliphatic hydroxyl groups is 1. The van der Waals surface area contributed by atoms with Crippen molar-refractivity contribution in [1.29, 1.82) is 0 Å². The molecule has 0 bridgehead atoms. The molecule has 4 rings (SSSR count). The van der Waals surface area contributed by atoms with E-state index in [-0.39, 0.29) is 6.04 Å². The van der Waals surface area contributed by atoms with Crippen molar-refractivity contribution in [2.45, 2.75) is 46.3 Å². The summed E-state index contributed by atoms with van der Waals surface area (Å²) in [7, 11) is 0. The Balaban J connectivity index is 1.70. The van der Waals surface area contributed by atoms with Gasteiger partial charge in [-0.3, -0.25) is 0 Å². The second kappa shape index (κ2) is 6.71. The van der Waals surface area contributed by atoms with Crippen LogP contribution in [-0.4, -0.2) is 39.0 Å². The maximum atomic E-state index is 10.0. The first-order valence-electron chi connectivity index (χ1n) is 9.68. The molecule has 28 heavy (non-hydrogen) atoms. The molecule has 0 saturated carbocycles. The minimum absolute atomic E-state index is 0.0986. The molecule has 0 aliphatic carbocycles. The molecule has 1 atom stereocenters. The number of nitrogens with one attached hydrogen (secondary N) is 1. The van der Waals surface area contributed by atoms with Crippen LogP contribution in [-0.2, 0) is 0 Å². The number of rotatable bonds is 4. The third-order valence-electron chi connectivity index (χ3n) is 5.69. The Hall–Kier alpha value is -2.73. The van der Waals surface area contributed by atoms with Gasteiger partial charge in [0.15, 0.2) is 5.82 Å². The van der Waals surface area contributed by atoms with E-state index in [1.807, 2.05) is 26.1 Å². The third kappa shape index (κ3) is 3.29. The van der Waals surface area contributed by atoms with Gasteiger partial charge in [-0.25, -0.2) is 4.98 Å². The van der Waals surface area contributed by atoms with Gasteiger partial charge in [-0.15, -0.1) is 5.10 Å². The standard InChI is InChI=1S/C22H27N5O/c1-13-7-6-8-17(14(13)2)15(3)24-21-18-9-20(27-11-22(5,28)12-27)23-10-19(18)16(4)25-26-21/h6-10,15,28H,11-12H2,1-5H3,(H,24,26)/t15-/m1/s1. The molecule has 0 amide bonds.